The molecule has 0 amide bonds. The maximum Gasteiger partial charge on any atom is 0.437 e. The molecular weight excluding hydrogens is 411 g/mol. The van der Waals surface area contributed by atoms with Crippen molar-refractivity contribution in [3.8, 4) is 11.5 Å². The third kappa shape index (κ3) is 3.76. The van der Waals surface area contributed by atoms with Gasteiger partial charge in [-0.15, -0.1) is 0 Å². The van der Waals surface area contributed by atoms with Crippen molar-refractivity contribution in [2.75, 3.05) is 12.4 Å². The molecule has 1 unspecified atom stereocenters. The SMILES string of the molecule is CNc1cccnc1-c1nc2onc(C(F)(F)F)c2c(=O)n1C(C)Cc1ccccc1. The Morgan fingerprint density at radius 3 is 2.58 bits per heavy atom. The van der Waals surface area contributed by atoms with Crippen LogP contribution >= 0.6 is 0 Å². The Hall–Kier alpha value is -3.69. The molecule has 1 atom stereocenters. The van der Waals surface area contributed by atoms with E-state index in [1.54, 1.807) is 26.1 Å². The zero-order valence-electron chi connectivity index (χ0n) is 16.6. The molecule has 0 saturated carbocycles. The summed E-state index contributed by atoms with van der Waals surface area (Å²) >= 11 is 0. The van der Waals surface area contributed by atoms with Gasteiger partial charge in [-0.1, -0.05) is 35.5 Å². The molecule has 10 heteroatoms. The largest absolute Gasteiger partial charge is 0.437 e. The molecule has 7 nitrogen and oxygen atoms in total. The summed E-state index contributed by atoms with van der Waals surface area (Å²) in [6, 6.07) is 12.2. The maximum absolute atomic E-state index is 13.4. The van der Waals surface area contributed by atoms with Crippen LogP contribution in [0.3, 0.4) is 0 Å². The maximum atomic E-state index is 13.4. The van der Waals surface area contributed by atoms with Gasteiger partial charge in [-0.25, -0.2) is 0 Å². The number of alkyl halides is 3. The molecule has 0 fully saturated rings. The number of benzene rings is 1. The number of nitrogens with zero attached hydrogens (tertiary/aromatic N) is 4. The Balaban J connectivity index is 2.00. The van der Waals surface area contributed by atoms with Gasteiger partial charge in [0.2, 0.25) is 5.69 Å². The highest BCUT2D eigenvalue weighted by Gasteiger charge is 2.40. The number of hydrogen-bond acceptors (Lipinski definition) is 6. The van der Waals surface area contributed by atoms with E-state index in [4.69, 9.17) is 4.52 Å². The summed E-state index contributed by atoms with van der Waals surface area (Å²) in [4.78, 5) is 21.9. The first-order valence-corrected chi connectivity index (χ1v) is 9.47. The standard InChI is InChI=1S/C21H18F3N5O2/c1-12(11-13-7-4-3-5-8-13)29-18(16-14(25-2)9-6-10-26-16)27-19-15(20(29)30)17(28-31-19)21(22,23)24/h3-10,12,25H,11H2,1-2H3. The van der Waals surface area contributed by atoms with Crippen LogP contribution < -0.4 is 10.9 Å². The summed E-state index contributed by atoms with van der Waals surface area (Å²) in [5, 5.41) is 5.34. The number of aromatic nitrogens is 4. The molecule has 0 aliphatic carbocycles. The lowest BCUT2D eigenvalue weighted by atomic mass is 10.1. The van der Waals surface area contributed by atoms with Gasteiger partial charge in [0.1, 0.15) is 11.1 Å². The average molecular weight is 429 g/mol. The molecule has 0 saturated heterocycles. The fourth-order valence-corrected chi connectivity index (χ4v) is 3.52. The molecule has 0 bridgehead atoms. The molecule has 0 spiro atoms. The second kappa shape index (κ2) is 7.86. The Bertz CT molecular complexity index is 1280. The monoisotopic (exact) mass is 429 g/mol. The fraction of sp³-hybridized carbons (Fsp3) is 0.238. The molecule has 1 aromatic carbocycles. The number of halogens is 3. The average Bonchev–Trinajstić information content (AvgIpc) is 3.19. The molecule has 4 aromatic rings. The second-order valence-electron chi connectivity index (χ2n) is 7.01. The first-order chi connectivity index (χ1) is 14.8. The molecule has 160 valence electrons. The highest BCUT2D eigenvalue weighted by Crippen LogP contribution is 2.34. The van der Waals surface area contributed by atoms with Crippen LogP contribution in [0.25, 0.3) is 22.6 Å². The Labute approximate surface area is 174 Å². The minimum atomic E-state index is -4.85. The highest BCUT2D eigenvalue weighted by molar-refractivity contribution is 5.79. The second-order valence-corrected chi connectivity index (χ2v) is 7.01. The Morgan fingerprint density at radius 1 is 1.16 bits per heavy atom. The lowest BCUT2D eigenvalue weighted by Gasteiger charge is -2.20. The number of rotatable bonds is 5. The third-order valence-electron chi connectivity index (χ3n) is 4.91. The van der Waals surface area contributed by atoms with Gasteiger partial charge >= 0.3 is 6.18 Å². The third-order valence-corrected chi connectivity index (χ3v) is 4.91. The van der Waals surface area contributed by atoms with Crippen LogP contribution in [0.4, 0.5) is 18.9 Å². The zero-order chi connectivity index (χ0) is 22.2. The van der Waals surface area contributed by atoms with Gasteiger partial charge in [-0.3, -0.25) is 14.3 Å². The van der Waals surface area contributed by atoms with Crippen molar-refractivity contribution >= 4 is 16.8 Å². The lowest BCUT2D eigenvalue weighted by Crippen LogP contribution is -2.29. The van der Waals surface area contributed by atoms with E-state index in [0.29, 0.717) is 17.8 Å². The number of hydrogen-bond donors (Lipinski definition) is 1. The summed E-state index contributed by atoms with van der Waals surface area (Å²) in [5.41, 5.74) is -0.960. The molecule has 3 aromatic heterocycles. The van der Waals surface area contributed by atoms with Crippen molar-refractivity contribution < 1.29 is 17.7 Å². The smallest absolute Gasteiger partial charge is 0.386 e. The van der Waals surface area contributed by atoms with Gasteiger partial charge in [-0.05, 0) is 31.0 Å². The van der Waals surface area contributed by atoms with Crippen molar-refractivity contribution in [1.82, 2.24) is 19.7 Å². The first-order valence-electron chi connectivity index (χ1n) is 9.47. The van der Waals surface area contributed by atoms with Crippen LogP contribution in [0.1, 0.15) is 24.2 Å². The number of fused-ring (bicyclic) bond motifs is 1. The predicted molar refractivity (Wildman–Crippen MR) is 109 cm³/mol. The fourth-order valence-electron chi connectivity index (χ4n) is 3.52. The van der Waals surface area contributed by atoms with E-state index >= 15 is 0 Å². The normalized spacial score (nSPS) is 12.8. The predicted octanol–water partition coefficient (Wildman–Crippen LogP) is 4.31. The number of pyridine rings is 1. The van der Waals surface area contributed by atoms with Gasteiger partial charge in [0, 0.05) is 19.3 Å². The summed E-state index contributed by atoms with van der Waals surface area (Å²) < 4.78 is 46.3. The van der Waals surface area contributed by atoms with E-state index in [1.165, 1.54) is 10.8 Å². The van der Waals surface area contributed by atoms with E-state index in [-0.39, 0.29) is 5.82 Å². The summed E-state index contributed by atoms with van der Waals surface area (Å²) in [6.45, 7) is 1.74. The van der Waals surface area contributed by atoms with Gasteiger partial charge in [0.15, 0.2) is 5.82 Å². The molecule has 3 heterocycles. The van der Waals surface area contributed by atoms with Crippen molar-refractivity contribution in [2.24, 2.45) is 0 Å². The molecule has 0 aliphatic heterocycles. The lowest BCUT2D eigenvalue weighted by molar-refractivity contribution is -0.141. The van der Waals surface area contributed by atoms with E-state index in [0.717, 1.165) is 5.56 Å². The van der Waals surface area contributed by atoms with Crippen molar-refractivity contribution in [3.63, 3.8) is 0 Å². The number of nitrogens with one attached hydrogen (secondary N) is 1. The van der Waals surface area contributed by atoms with Gasteiger partial charge < -0.3 is 9.84 Å². The molecule has 1 N–H and O–H groups in total. The topological polar surface area (TPSA) is 85.8 Å². The van der Waals surface area contributed by atoms with E-state index in [1.807, 2.05) is 30.3 Å². The van der Waals surface area contributed by atoms with E-state index in [9.17, 15) is 18.0 Å². The molecule has 0 aliphatic rings. The van der Waals surface area contributed by atoms with Crippen LogP contribution in [0.15, 0.2) is 58.0 Å². The highest BCUT2D eigenvalue weighted by atomic mass is 19.4. The van der Waals surface area contributed by atoms with Crippen molar-refractivity contribution in [3.05, 3.63) is 70.3 Å². The van der Waals surface area contributed by atoms with Gasteiger partial charge in [0.05, 0.1) is 5.69 Å². The van der Waals surface area contributed by atoms with E-state index < -0.39 is 34.6 Å². The zero-order valence-corrected chi connectivity index (χ0v) is 16.6. The summed E-state index contributed by atoms with van der Waals surface area (Å²) in [5.74, 6) is 0.0933. The minimum absolute atomic E-state index is 0.0933. The molecular formula is C21H18F3N5O2. The summed E-state index contributed by atoms with van der Waals surface area (Å²) in [7, 11) is 1.67. The molecule has 31 heavy (non-hydrogen) atoms. The van der Waals surface area contributed by atoms with Gasteiger partial charge in [0.25, 0.3) is 11.3 Å². The van der Waals surface area contributed by atoms with Gasteiger partial charge in [-0.2, -0.15) is 18.2 Å². The van der Waals surface area contributed by atoms with Crippen LogP contribution in [0.5, 0.6) is 0 Å². The Morgan fingerprint density at radius 2 is 1.90 bits per heavy atom. The Kier molecular flexibility index (Phi) is 5.22. The number of anilines is 1. The van der Waals surface area contributed by atoms with Crippen molar-refractivity contribution in [1.29, 1.82) is 0 Å². The first kappa shape index (κ1) is 20.6. The van der Waals surface area contributed by atoms with Crippen molar-refractivity contribution in [2.45, 2.75) is 25.6 Å². The minimum Gasteiger partial charge on any atom is -0.386 e. The molecule has 4 rings (SSSR count). The summed E-state index contributed by atoms with van der Waals surface area (Å²) in [6.07, 6.45) is -2.94. The van der Waals surface area contributed by atoms with Crippen LogP contribution in [0.2, 0.25) is 0 Å². The molecule has 0 radical (unpaired) electrons. The quantitative estimate of drug-likeness (QED) is 0.509. The van der Waals surface area contributed by atoms with E-state index in [2.05, 4.69) is 20.4 Å². The van der Waals surface area contributed by atoms with Crippen LogP contribution in [0, 0.1) is 0 Å². The van der Waals surface area contributed by atoms with Crippen LogP contribution in [-0.4, -0.2) is 26.7 Å². The van der Waals surface area contributed by atoms with Crippen LogP contribution in [-0.2, 0) is 12.6 Å².